The molecule has 0 unspecified atom stereocenters. The maximum absolute atomic E-state index is 6.09. The first-order valence-electron chi connectivity index (χ1n) is 3.20. The lowest BCUT2D eigenvalue weighted by atomic mass is 10.3. The van der Waals surface area contributed by atoms with Gasteiger partial charge in [-0.15, -0.1) is 11.6 Å². The highest BCUT2D eigenvalue weighted by atomic mass is 35.6. The van der Waals surface area contributed by atoms with Crippen molar-refractivity contribution in [1.29, 1.82) is 0 Å². The highest BCUT2D eigenvalue weighted by Gasteiger charge is 2.19. The fourth-order valence-electron chi connectivity index (χ4n) is 0.883. The zero-order chi connectivity index (χ0) is 7.49. The summed E-state index contributed by atoms with van der Waals surface area (Å²) in [7, 11) is -1.35. The molecular formula is C6H14Cl2Si. The standard InChI is InChI=1S/C6H14Cl2Si/c1-6(4-7)5-9(2,3)8/h6H,4-5H2,1-3H3/t6-/m1/s1. The van der Waals surface area contributed by atoms with Crippen LogP contribution in [0.3, 0.4) is 0 Å². The van der Waals surface area contributed by atoms with Gasteiger partial charge in [0, 0.05) is 5.88 Å². The summed E-state index contributed by atoms with van der Waals surface area (Å²) in [4.78, 5) is 0. The van der Waals surface area contributed by atoms with E-state index < -0.39 is 7.38 Å². The largest absolute Gasteiger partial charge is 0.168 e. The third-order valence-electron chi connectivity index (χ3n) is 1.10. The van der Waals surface area contributed by atoms with Crippen molar-refractivity contribution in [2.75, 3.05) is 5.88 Å². The first-order chi connectivity index (χ1) is 3.95. The van der Waals surface area contributed by atoms with E-state index in [4.69, 9.17) is 22.7 Å². The number of rotatable bonds is 3. The Morgan fingerprint density at radius 2 is 1.89 bits per heavy atom. The molecule has 0 saturated heterocycles. The minimum atomic E-state index is -1.35. The van der Waals surface area contributed by atoms with Crippen LogP contribution in [0, 0.1) is 5.92 Å². The summed E-state index contributed by atoms with van der Waals surface area (Å²) < 4.78 is 0. The Kier molecular flexibility index (Phi) is 4.18. The van der Waals surface area contributed by atoms with Crippen LogP contribution in [0.2, 0.25) is 19.1 Å². The minimum absolute atomic E-state index is 0.589. The molecule has 0 spiro atoms. The predicted molar refractivity (Wildman–Crippen MR) is 48.0 cm³/mol. The van der Waals surface area contributed by atoms with Crippen molar-refractivity contribution in [3.63, 3.8) is 0 Å². The molecule has 1 atom stereocenters. The van der Waals surface area contributed by atoms with Gasteiger partial charge in [-0.1, -0.05) is 20.0 Å². The van der Waals surface area contributed by atoms with Gasteiger partial charge in [0.2, 0.25) is 0 Å². The van der Waals surface area contributed by atoms with E-state index in [9.17, 15) is 0 Å². The molecule has 0 fully saturated rings. The van der Waals surface area contributed by atoms with Gasteiger partial charge >= 0.3 is 0 Å². The second kappa shape index (κ2) is 3.84. The SMILES string of the molecule is C[C@H](CCl)C[Si](C)(C)Cl. The van der Waals surface area contributed by atoms with Crippen LogP contribution in [0.5, 0.6) is 0 Å². The number of hydrogen-bond acceptors (Lipinski definition) is 0. The number of halogens is 2. The summed E-state index contributed by atoms with van der Waals surface area (Å²) in [6, 6.07) is 1.12. The fourth-order valence-corrected chi connectivity index (χ4v) is 3.77. The molecule has 0 aliphatic carbocycles. The maximum Gasteiger partial charge on any atom is 0.150 e. The number of hydrogen-bond donors (Lipinski definition) is 0. The van der Waals surface area contributed by atoms with E-state index in [-0.39, 0.29) is 0 Å². The lowest BCUT2D eigenvalue weighted by Crippen LogP contribution is -2.20. The first-order valence-corrected chi connectivity index (χ1v) is 7.96. The van der Waals surface area contributed by atoms with Crippen LogP contribution in [0.15, 0.2) is 0 Å². The lowest BCUT2D eigenvalue weighted by molar-refractivity contribution is 0.733. The van der Waals surface area contributed by atoms with Crippen molar-refractivity contribution in [3.05, 3.63) is 0 Å². The van der Waals surface area contributed by atoms with Crippen molar-refractivity contribution in [1.82, 2.24) is 0 Å². The summed E-state index contributed by atoms with van der Waals surface area (Å²) in [5, 5.41) is 0. The summed E-state index contributed by atoms with van der Waals surface area (Å²) in [5.41, 5.74) is 0. The topological polar surface area (TPSA) is 0 Å². The van der Waals surface area contributed by atoms with Crippen LogP contribution in [-0.2, 0) is 0 Å². The Bertz CT molecular complexity index is 77.6. The zero-order valence-electron chi connectivity index (χ0n) is 6.25. The van der Waals surface area contributed by atoms with Crippen molar-refractivity contribution in [2.45, 2.75) is 26.1 Å². The Morgan fingerprint density at radius 3 is 2.00 bits per heavy atom. The predicted octanol–water partition coefficient (Wildman–Crippen LogP) is 3.31. The normalized spacial score (nSPS) is 15.7. The van der Waals surface area contributed by atoms with Gasteiger partial charge in [-0.05, 0) is 12.0 Å². The molecule has 9 heavy (non-hydrogen) atoms. The molecular weight excluding hydrogens is 171 g/mol. The van der Waals surface area contributed by atoms with Gasteiger partial charge in [-0.3, -0.25) is 0 Å². The molecule has 0 aromatic carbocycles. The van der Waals surface area contributed by atoms with E-state index in [1.807, 2.05) is 0 Å². The van der Waals surface area contributed by atoms with E-state index in [1.54, 1.807) is 0 Å². The van der Waals surface area contributed by atoms with Gasteiger partial charge in [-0.25, -0.2) is 0 Å². The summed E-state index contributed by atoms with van der Waals surface area (Å²) in [5.74, 6) is 1.33. The van der Waals surface area contributed by atoms with E-state index in [1.165, 1.54) is 0 Å². The second-order valence-corrected chi connectivity index (χ2v) is 10.4. The van der Waals surface area contributed by atoms with Crippen molar-refractivity contribution in [2.24, 2.45) is 5.92 Å². The molecule has 0 amide bonds. The molecule has 0 aromatic rings. The van der Waals surface area contributed by atoms with Crippen LogP contribution in [0.4, 0.5) is 0 Å². The lowest BCUT2D eigenvalue weighted by Gasteiger charge is -2.16. The molecule has 0 aliphatic rings. The van der Waals surface area contributed by atoms with Crippen LogP contribution in [0.25, 0.3) is 0 Å². The van der Waals surface area contributed by atoms with Gasteiger partial charge in [0.15, 0.2) is 7.38 Å². The molecule has 0 heterocycles. The molecule has 0 aliphatic heterocycles. The first kappa shape index (κ1) is 9.80. The van der Waals surface area contributed by atoms with Crippen LogP contribution in [-0.4, -0.2) is 13.3 Å². The molecule has 0 radical (unpaired) electrons. The van der Waals surface area contributed by atoms with Crippen LogP contribution >= 0.6 is 22.7 Å². The monoisotopic (exact) mass is 184 g/mol. The van der Waals surface area contributed by atoms with Crippen molar-refractivity contribution >= 4 is 30.1 Å². The molecule has 0 aromatic heterocycles. The quantitative estimate of drug-likeness (QED) is 0.359. The number of alkyl halides is 1. The van der Waals surface area contributed by atoms with Crippen molar-refractivity contribution < 1.29 is 0 Å². The summed E-state index contributed by atoms with van der Waals surface area (Å²) in [6.07, 6.45) is 0. The van der Waals surface area contributed by atoms with Gasteiger partial charge < -0.3 is 0 Å². The zero-order valence-corrected chi connectivity index (χ0v) is 8.76. The van der Waals surface area contributed by atoms with Gasteiger partial charge in [-0.2, -0.15) is 11.1 Å². The summed E-state index contributed by atoms with van der Waals surface area (Å²) in [6.45, 7) is 6.44. The maximum atomic E-state index is 6.09. The van der Waals surface area contributed by atoms with E-state index in [0.29, 0.717) is 5.92 Å². The Labute approximate surface area is 68.3 Å². The fraction of sp³-hybridized carbons (Fsp3) is 1.00. The molecule has 0 saturated carbocycles. The van der Waals surface area contributed by atoms with E-state index in [2.05, 4.69) is 20.0 Å². The summed E-state index contributed by atoms with van der Waals surface area (Å²) >= 11 is 11.7. The molecule has 56 valence electrons. The molecule has 0 nitrogen and oxygen atoms in total. The van der Waals surface area contributed by atoms with Crippen LogP contribution < -0.4 is 0 Å². The minimum Gasteiger partial charge on any atom is -0.168 e. The average Bonchev–Trinajstić information content (AvgIpc) is 1.62. The third kappa shape index (κ3) is 6.69. The molecule has 0 bridgehead atoms. The third-order valence-corrected chi connectivity index (χ3v) is 3.75. The molecule has 0 N–H and O–H groups in total. The highest BCUT2D eigenvalue weighted by Crippen LogP contribution is 2.20. The van der Waals surface area contributed by atoms with Gasteiger partial charge in [0.05, 0.1) is 0 Å². The Morgan fingerprint density at radius 1 is 1.44 bits per heavy atom. The van der Waals surface area contributed by atoms with Crippen LogP contribution in [0.1, 0.15) is 6.92 Å². The highest BCUT2D eigenvalue weighted by molar-refractivity contribution is 7.19. The van der Waals surface area contributed by atoms with E-state index in [0.717, 1.165) is 11.9 Å². The van der Waals surface area contributed by atoms with Gasteiger partial charge in [0.25, 0.3) is 0 Å². The Balaban J connectivity index is 3.47. The molecule has 0 rings (SSSR count). The van der Waals surface area contributed by atoms with Crippen molar-refractivity contribution in [3.8, 4) is 0 Å². The average molecular weight is 185 g/mol. The molecule has 3 heteroatoms. The smallest absolute Gasteiger partial charge is 0.150 e. The van der Waals surface area contributed by atoms with Gasteiger partial charge in [0.1, 0.15) is 0 Å². The Hall–Kier alpha value is 0.797. The second-order valence-electron chi connectivity index (χ2n) is 3.18. The van der Waals surface area contributed by atoms with E-state index >= 15 is 0 Å².